The Morgan fingerprint density at radius 3 is 2.29 bits per heavy atom. The second-order valence-electron chi connectivity index (χ2n) is 8.13. The maximum atomic E-state index is 13.2. The molecule has 34 heavy (non-hydrogen) atoms. The minimum Gasteiger partial charge on any atom is -0.384 e. The molecule has 0 radical (unpaired) electrons. The largest absolute Gasteiger partial charge is 0.384 e. The molecule has 1 aromatic carbocycles. The van der Waals surface area contributed by atoms with Gasteiger partial charge in [0.25, 0.3) is 11.5 Å². The van der Waals surface area contributed by atoms with Crippen LogP contribution in [0.5, 0.6) is 0 Å². The van der Waals surface area contributed by atoms with Gasteiger partial charge in [0.2, 0.25) is 0 Å². The quantitative estimate of drug-likeness (QED) is 0.510. The van der Waals surface area contributed by atoms with Gasteiger partial charge in [0.15, 0.2) is 5.78 Å². The molecule has 0 spiro atoms. The number of nitrogens with zero attached hydrogens (tertiary/aromatic N) is 4. The number of rotatable bonds is 7. The van der Waals surface area contributed by atoms with Crippen molar-refractivity contribution >= 4 is 28.8 Å². The number of amides is 1. The van der Waals surface area contributed by atoms with Crippen molar-refractivity contribution in [3.05, 3.63) is 84.7 Å². The lowest BCUT2D eigenvalue weighted by atomic mass is 10.1. The summed E-state index contributed by atoms with van der Waals surface area (Å²) in [7, 11) is 0. The summed E-state index contributed by atoms with van der Waals surface area (Å²) in [4.78, 5) is 56.0. The lowest BCUT2D eigenvalue weighted by Gasteiger charge is -2.34. The summed E-state index contributed by atoms with van der Waals surface area (Å²) in [6.45, 7) is 3.98. The van der Waals surface area contributed by atoms with Gasteiger partial charge in [-0.15, -0.1) is 11.3 Å². The number of aromatic nitrogens is 2. The van der Waals surface area contributed by atoms with Crippen LogP contribution in [0, 0.1) is 0 Å². The number of piperazine rings is 1. The SMILES string of the molecule is CCn1c(=O)c(C(=O)CN2CCN(C(=O)c3cccs3)CC2)c(N)n(Cc2ccccc2)c1=O. The standard InChI is InChI=1S/C24H27N5O4S/c1-2-28-23(32)20(21(25)29(24(28)33)15-17-7-4-3-5-8-17)18(30)16-26-10-12-27(13-11-26)22(31)19-9-6-14-34-19/h3-9,14H,2,10-13,15-16,25H2,1H3. The Bertz CT molecular complexity index is 1290. The van der Waals surface area contributed by atoms with Crippen molar-refractivity contribution in [2.45, 2.75) is 20.0 Å². The maximum Gasteiger partial charge on any atom is 0.332 e. The first-order chi connectivity index (χ1) is 16.4. The molecule has 2 aromatic heterocycles. The summed E-state index contributed by atoms with van der Waals surface area (Å²) in [6.07, 6.45) is 0. The van der Waals surface area contributed by atoms with E-state index in [4.69, 9.17) is 5.73 Å². The zero-order valence-corrected chi connectivity index (χ0v) is 19.8. The molecule has 0 saturated carbocycles. The molecule has 1 aliphatic rings. The zero-order chi connectivity index (χ0) is 24.2. The number of Topliss-reactive ketones (excluding diaryl/α,β-unsaturated/α-hetero) is 1. The zero-order valence-electron chi connectivity index (χ0n) is 19.0. The Labute approximate surface area is 200 Å². The van der Waals surface area contributed by atoms with Gasteiger partial charge in [-0.2, -0.15) is 0 Å². The van der Waals surface area contributed by atoms with Crippen LogP contribution in [-0.2, 0) is 13.1 Å². The van der Waals surface area contributed by atoms with E-state index in [0.717, 1.165) is 10.1 Å². The van der Waals surface area contributed by atoms with Crippen molar-refractivity contribution in [1.29, 1.82) is 0 Å². The van der Waals surface area contributed by atoms with Crippen LogP contribution in [0.4, 0.5) is 5.82 Å². The number of carbonyl (C=O) groups excluding carboxylic acids is 2. The molecular formula is C24H27N5O4S. The van der Waals surface area contributed by atoms with Crippen molar-refractivity contribution in [2.24, 2.45) is 0 Å². The predicted molar refractivity (Wildman–Crippen MR) is 132 cm³/mol. The third kappa shape index (κ3) is 4.73. The Kier molecular flexibility index (Phi) is 7.09. The number of ketones is 1. The van der Waals surface area contributed by atoms with E-state index in [1.54, 1.807) is 17.9 Å². The molecule has 1 saturated heterocycles. The number of nitrogen functional groups attached to an aromatic ring is 1. The summed E-state index contributed by atoms with van der Waals surface area (Å²) in [6, 6.07) is 12.9. The molecule has 1 aliphatic heterocycles. The third-order valence-corrected chi connectivity index (χ3v) is 6.86. The van der Waals surface area contributed by atoms with Gasteiger partial charge in [0.1, 0.15) is 11.4 Å². The van der Waals surface area contributed by atoms with Crippen molar-refractivity contribution in [3.63, 3.8) is 0 Å². The van der Waals surface area contributed by atoms with Crippen LogP contribution in [0.25, 0.3) is 0 Å². The van der Waals surface area contributed by atoms with E-state index in [1.807, 2.05) is 46.7 Å². The Morgan fingerprint density at radius 2 is 1.68 bits per heavy atom. The number of thiophene rings is 1. The Morgan fingerprint density at radius 1 is 0.971 bits per heavy atom. The van der Waals surface area contributed by atoms with E-state index in [-0.39, 0.29) is 36.9 Å². The van der Waals surface area contributed by atoms with Gasteiger partial charge in [-0.3, -0.25) is 28.4 Å². The maximum absolute atomic E-state index is 13.2. The van der Waals surface area contributed by atoms with E-state index in [1.165, 1.54) is 15.9 Å². The van der Waals surface area contributed by atoms with E-state index >= 15 is 0 Å². The minimum atomic E-state index is -0.661. The second kappa shape index (κ2) is 10.2. The van der Waals surface area contributed by atoms with Crippen LogP contribution in [0.1, 0.15) is 32.5 Å². The summed E-state index contributed by atoms with van der Waals surface area (Å²) in [5.74, 6) is -0.548. The van der Waals surface area contributed by atoms with Gasteiger partial charge in [-0.05, 0) is 23.9 Å². The molecule has 3 aromatic rings. The van der Waals surface area contributed by atoms with E-state index in [9.17, 15) is 19.2 Å². The fourth-order valence-corrected chi connectivity index (χ4v) is 4.81. The highest BCUT2D eigenvalue weighted by molar-refractivity contribution is 7.12. The number of benzene rings is 1. The average molecular weight is 482 g/mol. The number of hydrogen-bond acceptors (Lipinski definition) is 7. The Balaban J connectivity index is 1.53. The molecule has 9 nitrogen and oxygen atoms in total. The molecule has 10 heteroatoms. The predicted octanol–water partition coefficient (Wildman–Crippen LogP) is 1.36. The van der Waals surface area contributed by atoms with E-state index < -0.39 is 17.0 Å². The first-order valence-electron chi connectivity index (χ1n) is 11.2. The van der Waals surface area contributed by atoms with Gasteiger partial charge >= 0.3 is 5.69 Å². The van der Waals surface area contributed by atoms with Gasteiger partial charge < -0.3 is 10.6 Å². The van der Waals surface area contributed by atoms with Gasteiger partial charge in [-0.25, -0.2) is 4.79 Å². The summed E-state index contributed by atoms with van der Waals surface area (Å²) < 4.78 is 2.33. The minimum absolute atomic E-state index is 0.00622. The fraction of sp³-hybridized carbons (Fsp3) is 0.333. The smallest absolute Gasteiger partial charge is 0.332 e. The highest BCUT2D eigenvalue weighted by Crippen LogP contribution is 2.15. The van der Waals surface area contributed by atoms with Gasteiger partial charge in [-0.1, -0.05) is 36.4 Å². The van der Waals surface area contributed by atoms with Crippen molar-refractivity contribution < 1.29 is 9.59 Å². The lowest BCUT2D eigenvalue weighted by Crippen LogP contribution is -2.50. The van der Waals surface area contributed by atoms with Crippen LogP contribution in [0.15, 0.2) is 57.4 Å². The van der Waals surface area contributed by atoms with Gasteiger partial charge in [0.05, 0.1) is 18.0 Å². The normalized spacial score (nSPS) is 14.3. The summed E-state index contributed by atoms with van der Waals surface area (Å²) >= 11 is 1.41. The molecular weight excluding hydrogens is 454 g/mol. The molecule has 2 N–H and O–H groups in total. The average Bonchev–Trinajstić information content (AvgIpc) is 3.38. The topological polar surface area (TPSA) is 111 Å². The molecule has 0 bridgehead atoms. The first-order valence-corrected chi connectivity index (χ1v) is 12.0. The van der Waals surface area contributed by atoms with Crippen LogP contribution in [0.2, 0.25) is 0 Å². The number of hydrogen-bond donors (Lipinski definition) is 1. The second-order valence-corrected chi connectivity index (χ2v) is 9.08. The van der Waals surface area contributed by atoms with Gasteiger partial charge in [0, 0.05) is 32.7 Å². The van der Waals surface area contributed by atoms with Crippen LogP contribution >= 0.6 is 11.3 Å². The lowest BCUT2D eigenvalue weighted by molar-refractivity contribution is 0.0628. The van der Waals surface area contributed by atoms with Crippen LogP contribution < -0.4 is 17.0 Å². The molecule has 3 heterocycles. The van der Waals surface area contributed by atoms with E-state index in [2.05, 4.69) is 0 Å². The third-order valence-electron chi connectivity index (χ3n) is 6.01. The van der Waals surface area contributed by atoms with E-state index in [0.29, 0.717) is 31.1 Å². The van der Waals surface area contributed by atoms with Crippen molar-refractivity contribution in [2.75, 3.05) is 38.5 Å². The summed E-state index contributed by atoms with van der Waals surface area (Å²) in [5, 5.41) is 1.87. The van der Waals surface area contributed by atoms with Crippen molar-refractivity contribution in [3.8, 4) is 0 Å². The Hall–Kier alpha value is -3.50. The number of anilines is 1. The van der Waals surface area contributed by atoms with Crippen LogP contribution in [0.3, 0.4) is 0 Å². The number of carbonyl (C=O) groups is 2. The first kappa shape index (κ1) is 23.7. The number of nitrogens with two attached hydrogens (primary N) is 1. The highest BCUT2D eigenvalue weighted by atomic mass is 32.1. The van der Waals surface area contributed by atoms with Crippen molar-refractivity contribution in [1.82, 2.24) is 18.9 Å². The van der Waals surface area contributed by atoms with Crippen LogP contribution in [-0.4, -0.2) is 63.3 Å². The monoisotopic (exact) mass is 481 g/mol. The molecule has 178 valence electrons. The molecule has 0 atom stereocenters. The molecule has 1 amide bonds. The highest BCUT2D eigenvalue weighted by Gasteiger charge is 2.27. The summed E-state index contributed by atoms with van der Waals surface area (Å²) in [5.41, 5.74) is 5.72. The molecule has 1 fully saturated rings. The molecule has 0 unspecified atom stereocenters. The molecule has 4 rings (SSSR count). The fourth-order valence-electron chi connectivity index (χ4n) is 4.12. The molecule has 0 aliphatic carbocycles.